The lowest BCUT2D eigenvalue weighted by molar-refractivity contribution is 0.258. The van der Waals surface area contributed by atoms with Gasteiger partial charge in [0.05, 0.1) is 5.39 Å². The van der Waals surface area contributed by atoms with E-state index in [4.69, 9.17) is 9.97 Å². The molecule has 23 heavy (non-hydrogen) atoms. The van der Waals surface area contributed by atoms with Crippen molar-refractivity contribution in [2.75, 3.05) is 37.6 Å². The first-order chi connectivity index (χ1) is 11.3. The van der Waals surface area contributed by atoms with Crippen molar-refractivity contribution in [2.45, 2.75) is 46.0 Å². The van der Waals surface area contributed by atoms with Crippen LogP contribution in [0.2, 0.25) is 0 Å². The number of thiophene rings is 1. The van der Waals surface area contributed by atoms with E-state index in [-0.39, 0.29) is 0 Å². The summed E-state index contributed by atoms with van der Waals surface area (Å²) in [5, 5.41) is 1.37. The largest absolute Gasteiger partial charge is 0.353 e. The molecule has 3 heterocycles. The van der Waals surface area contributed by atoms with Gasteiger partial charge in [0, 0.05) is 31.1 Å². The average molecular weight is 331 g/mol. The predicted octanol–water partition coefficient (Wildman–Crippen LogP) is 3.41. The molecule has 0 N–H and O–H groups in total. The summed E-state index contributed by atoms with van der Waals surface area (Å²) in [6.07, 6.45) is 6.34. The molecule has 0 saturated carbocycles. The Morgan fingerprint density at radius 1 is 1.04 bits per heavy atom. The zero-order chi connectivity index (χ0) is 15.8. The van der Waals surface area contributed by atoms with Crippen LogP contribution in [0.1, 0.15) is 42.5 Å². The summed E-state index contributed by atoms with van der Waals surface area (Å²) in [6.45, 7) is 10.0. The number of hydrogen-bond acceptors (Lipinski definition) is 5. The standard InChI is InChI=1S/C18H26N4S/c1-3-8-21-9-11-22(12-10-21)17-16-14-6-4-5-7-15(14)23-18(16)20-13(2)19-17/h3-12H2,1-2H3. The Kier molecular flexibility index (Phi) is 4.24. The highest BCUT2D eigenvalue weighted by Gasteiger charge is 2.25. The van der Waals surface area contributed by atoms with Gasteiger partial charge in [-0.15, -0.1) is 11.3 Å². The minimum atomic E-state index is 0.919. The molecule has 0 aromatic carbocycles. The van der Waals surface area contributed by atoms with E-state index < -0.39 is 0 Å². The molecule has 1 aliphatic carbocycles. The van der Waals surface area contributed by atoms with Gasteiger partial charge in [0.15, 0.2) is 0 Å². The first-order valence-corrected chi connectivity index (χ1v) is 9.84. The molecule has 2 aliphatic rings. The van der Waals surface area contributed by atoms with Gasteiger partial charge in [0.2, 0.25) is 0 Å². The Labute approximate surface area is 142 Å². The van der Waals surface area contributed by atoms with E-state index in [2.05, 4.69) is 16.7 Å². The summed E-state index contributed by atoms with van der Waals surface area (Å²) < 4.78 is 0. The average Bonchev–Trinajstić information content (AvgIpc) is 2.93. The van der Waals surface area contributed by atoms with Gasteiger partial charge >= 0.3 is 0 Å². The quantitative estimate of drug-likeness (QED) is 0.863. The fourth-order valence-corrected chi connectivity index (χ4v) is 5.27. The van der Waals surface area contributed by atoms with Crippen molar-refractivity contribution in [3.8, 4) is 0 Å². The normalized spacial score (nSPS) is 19.3. The number of fused-ring (bicyclic) bond motifs is 3. The van der Waals surface area contributed by atoms with Crippen LogP contribution < -0.4 is 4.90 Å². The van der Waals surface area contributed by atoms with Gasteiger partial charge in [-0.2, -0.15) is 0 Å². The molecule has 1 saturated heterocycles. The fraction of sp³-hybridized carbons (Fsp3) is 0.667. The minimum absolute atomic E-state index is 0.919. The van der Waals surface area contributed by atoms with Crippen LogP contribution in [-0.2, 0) is 12.8 Å². The molecule has 1 aliphatic heterocycles. The second kappa shape index (κ2) is 6.36. The predicted molar refractivity (Wildman–Crippen MR) is 97.7 cm³/mol. The molecule has 0 radical (unpaired) electrons. The summed E-state index contributed by atoms with van der Waals surface area (Å²) >= 11 is 1.91. The van der Waals surface area contributed by atoms with Gasteiger partial charge in [-0.1, -0.05) is 6.92 Å². The van der Waals surface area contributed by atoms with E-state index in [1.807, 2.05) is 18.3 Å². The van der Waals surface area contributed by atoms with Crippen LogP contribution in [0.5, 0.6) is 0 Å². The molecule has 0 amide bonds. The van der Waals surface area contributed by atoms with Gasteiger partial charge in [-0.3, -0.25) is 4.90 Å². The molecule has 4 rings (SSSR count). The maximum absolute atomic E-state index is 4.88. The minimum Gasteiger partial charge on any atom is -0.353 e. The maximum atomic E-state index is 4.88. The third-order valence-corrected chi connectivity index (χ3v) is 6.30. The van der Waals surface area contributed by atoms with E-state index in [9.17, 15) is 0 Å². The Morgan fingerprint density at radius 2 is 1.83 bits per heavy atom. The molecule has 2 aromatic heterocycles. The number of rotatable bonds is 3. The van der Waals surface area contributed by atoms with Gasteiger partial charge < -0.3 is 4.90 Å². The highest BCUT2D eigenvalue weighted by Crippen LogP contribution is 2.39. The van der Waals surface area contributed by atoms with Crippen LogP contribution in [0, 0.1) is 6.92 Å². The topological polar surface area (TPSA) is 32.3 Å². The van der Waals surface area contributed by atoms with Gasteiger partial charge in [0.1, 0.15) is 16.5 Å². The van der Waals surface area contributed by atoms with Crippen molar-refractivity contribution in [3.63, 3.8) is 0 Å². The molecule has 2 aromatic rings. The number of hydrogen-bond donors (Lipinski definition) is 0. The summed E-state index contributed by atoms with van der Waals surface area (Å²) in [7, 11) is 0. The molecule has 0 atom stereocenters. The first kappa shape index (κ1) is 15.3. The van der Waals surface area contributed by atoms with E-state index in [1.54, 1.807) is 10.4 Å². The molecular weight excluding hydrogens is 304 g/mol. The van der Waals surface area contributed by atoms with Gasteiger partial charge in [0.25, 0.3) is 0 Å². The number of nitrogens with zero attached hydrogens (tertiary/aromatic N) is 4. The van der Waals surface area contributed by atoms with Gasteiger partial charge in [-0.25, -0.2) is 9.97 Å². The maximum Gasteiger partial charge on any atom is 0.141 e. The molecule has 0 spiro atoms. The van der Waals surface area contributed by atoms with Gasteiger partial charge in [-0.05, 0) is 51.1 Å². The van der Waals surface area contributed by atoms with Crippen LogP contribution in [0.3, 0.4) is 0 Å². The highest BCUT2D eigenvalue weighted by molar-refractivity contribution is 7.19. The van der Waals surface area contributed by atoms with E-state index in [1.165, 1.54) is 54.7 Å². The first-order valence-electron chi connectivity index (χ1n) is 9.02. The summed E-state index contributed by atoms with van der Waals surface area (Å²) in [6, 6.07) is 0. The fourth-order valence-electron chi connectivity index (χ4n) is 3.97. The third kappa shape index (κ3) is 2.85. The molecule has 5 heteroatoms. The van der Waals surface area contributed by atoms with Crippen molar-refractivity contribution in [3.05, 3.63) is 16.3 Å². The van der Waals surface area contributed by atoms with Crippen molar-refractivity contribution in [1.82, 2.24) is 14.9 Å². The lowest BCUT2D eigenvalue weighted by Gasteiger charge is -2.35. The van der Waals surface area contributed by atoms with Crippen LogP contribution >= 0.6 is 11.3 Å². The van der Waals surface area contributed by atoms with Crippen molar-refractivity contribution < 1.29 is 0 Å². The number of aromatic nitrogens is 2. The molecule has 4 nitrogen and oxygen atoms in total. The second-order valence-electron chi connectivity index (χ2n) is 6.81. The second-order valence-corrected chi connectivity index (χ2v) is 7.90. The van der Waals surface area contributed by atoms with Crippen LogP contribution in [0.15, 0.2) is 0 Å². The van der Waals surface area contributed by atoms with E-state index in [0.29, 0.717) is 0 Å². The summed E-state index contributed by atoms with van der Waals surface area (Å²) in [4.78, 5) is 17.5. The zero-order valence-corrected chi connectivity index (χ0v) is 15.1. The lowest BCUT2D eigenvalue weighted by atomic mass is 9.97. The smallest absolute Gasteiger partial charge is 0.141 e. The molecule has 1 fully saturated rings. The molecule has 0 bridgehead atoms. The third-order valence-electron chi connectivity index (χ3n) is 5.12. The van der Waals surface area contributed by atoms with Crippen molar-refractivity contribution in [1.29, 1.82) is 0 Å². The van der Waals surface area contributed by atoms with Crippen LogP contribution in [-0.4, -0.2) is 47.6 Å². The highest BCUT2D eigenvalue weighted by atomic mass is 32.1. The lowest BCUT2D eigenvalue weighted by Crippen LogP contribution is -2.47. The van der Waals surface area contributed by atoms with Crippen LogP contribution in [0.4, 0.5) is 5.82 Å². The molecule has 124 valence electrons. The monoisotopic (exact) mass is 330 g/mol. The molecule has 0 unspecified atom stereocenters. The SMILES string of the molecule is CCCN1CCN(c2nc(C)nc3sc4c(c23)CCCC4)CC1. The summed E-state index contributed by atoms with van der Waals surface area (Å²) in [5.41, 5.74) is 1.56. The van der Waals surface area contributed by atoms with Crippen LogP contribution in [0.25, 0.3) is 10.2 Å². The Balaban J connectivity index is 1.70. The molecular formula is C18H26N4S. The number of anilines is 1. The number of aryl methyl sites for hydroxylation is 3. The summed E-state index contributed by atoms with van der Waals surface area (Å²) in [5.74, 6) is 2.13. The van der Waals surface area contributed by atoms with Crippen molar-refractivity contribution in [2.24, 2.45) is 0 Å². The Bertz CT molecular complexity index is 701. The van der Waals surface area contributed by atoms with E-state index in [0.717, 1.165) is 32.0 Å². The Morgan fingerprint density at radius 3 is 2.61 bits per heavy atom. The van der Waals surface area contributed by atoms with Crippen molar-refractivity contribution >= 4 is 27.4 Å². The zero-order valence-electron chi connectivity index (χ0n) is 14.3. The Hall–Kier alpha value is -1.20. The number of piperazine rings is 1. The van der Waals surface area contributed by atoms with E-state index >= 15 is 0 Å².